The van der Waals surface area contributed by atoms with Crippen LogP contribution < -0.4 is 16.1 Å². The Labute approximate surface area is 172 Å². The van der Waals surface area contributed by atoms with Crippen LogP contribution in [0, 0.1) is 5.82 Å². The van der Waals surface area contributed by atoms with Gasteiger partial charge >= 0.3 is 0 Å². The molecule has 0 aliphatic heterocycles. The fraction of sp³-hybridized carbons (Fsp3) is 0.167. The first-order valence-electron chi connectivity index (χ1n) is 8.00. The van der Waals surface area contributed by atoms with E-state index < -0.39 is 5.91 Å². The molecule has 1 aromatic carbocycles. The molecule has 0 saturated carbocycles. The molecule has 1 heterocycles. The van der Waals surface area contributed by atoms with Crippen molar-refractivity contribution < 1.29 is 19.2 Å². The van der Waals surface area contributed by atoms with Crippen molar-refractivity contribution in [3.63, 3.8) is 0 Å². The van der Waals surface area contributed by atoms with E-state index in [-0.39, 0.29) is 35.7 Å². The highest BCUT2D eigenvalue weighted by Gasteiger charge is 2.06. The lowest BCUT2D eigenvalue weighted by Crippen LogP contribution is -2.31. The molecular weight excluding hydrogens is 410 g/mol. The molecule has 0 atom stereocenters. The number of benzene rings is 1. The second-order valence-corrected chi connectivity index (χ2v) is 5.90. The largest absolute Gasteiger partial charge is 0.360 e. The van der Waals surface area contributed by atoms with Crippen LogP contribution in [-0.2, 0) is 16.0 Å². The Bertz CT molecular complexity index is 832. The van der Waals surface area contributed by atoms with Gasteiger partial charge in [0.2, 0.25) is 5.91 Å². The van der Waals surface area contributed by atoms with Crippen LogP contribution in [0.1, 0.15) is 11.1 Å². The van der Waals surface area contributed by atoms with E-state index in [0.717, 1.165) is 11.6 Å². The van der Waals surface area contributed by atoms with Gasteiger partial charge in [-0.25, -0.2) is 14.9 Å². The number of amides is 2. The molecule has 0 aliphatic carbocycles. The van der Waals surface area contributed by atoms with Crippen LogP contribution in [0.5, 0.6) is 0 Å². The van der Waals surface area contributed by atoms with Crippen molar-refractivity contribution in [2.75, 3.05) is 18.4 Å². The summed E-state index contributed by atoms with van der Waals surface area (Å²) in [5, 5.41) is 14.3. The molecule has 0 saturated heterocycles. The summed E-state index contributed by atoms with van der Waals surface area (Å²) in [6.07, 6.45) is 4.60. The summed E-state index contributed by atoms with van der Waals surface area (Å²) < 4.78 is 12.8. The number of carbonyl (C=O) groups is 2. The molecule has 2 amide bonds. The van der Waals surface area contributed by atoms with E-state index in [4.69, 9.17) is 16.8 Å². The first-order chi connectivity index (χ1) is 13.0. The summed E-state index contributed by atoms with van der Waals surface area (Å²) in [5.74, 6) is -0.882. The standard InChI is InChI=1S/C18H18ClFN4O3.ClH/c19-15-9-13(3-6-16(25)24-27)10-22-18(15)23-11-17(26)21-8-7-12-1-4-14(20)5-2-12;/h1-6,9-10,27H,7-8,11H2,(H,21,26)(H,22,23)(H,24,25);1H/b6-3+;. The van der Waals surface area contributed by atoms with Crippen LogP contribution in [0.4, 0.5) is 10.2 Å². The van der Waals surface area contributed by atoms with Crippen LogP contribution in [0.2, 0.25) is 5.02 Å². The molecule has 0 radical (unpaired) electrons. The molecule has 0 spiro atoms. The molecule has 0 aliphatic rings. The minimum atomic E-state index is -0.675. The van der Waals surface area contributed by atoms with Crippen molar-refractivity contribution in [3.05, 3.63) is 64.6 Å². The number of hydroxylamine groups is 1. The number of hydrogen-bond acceptors (Lipinski definition) is 5. The van der Waals surface area contributed by atoms with Crippen LogP contribution in [0.3, 0.4) is 0 Å². The lowest BCUT2D eigenvalue weighted by atomic mass is 10.1. The zero-order valence-corrected chi connectivity index (χ0v) is 16.2. The zero-order valence-electron chi connectivity index (χ0n) is 14.6. The van der Waals surface area contributed by atoms with Gasteiger partial charge in [-0.3, -0.25) is 14.8 Å². The molecule has 4 N–H and O–H groups in total. The van der Waals surface area contributed by atoms with Gasteiger partial charge in [-0.1, -0.05) is 23.7 Å². The molecule has 2 rings (SSSR count). The van der Waals surface area contributed by atoms with E-state index in [9.17, 15) is 14.0 Å². The Balaban J connectivity index is 0.00000392. The average Bonchev–Trinajstić information content (AvgIpc) is 2.66. The smallest absolute Gasteiger partial charge is 0.267 e. The Morgan fingerprint density at radius 1 is 1.25 bits per heavy atom. The summed E-state index contributed by atoms with van der Waals surface area (Å²) in [7, 11) is 0. The van der Waals surface area contributed by atoms with E-state index in [1.54, 1.807) is 18.2 Å². The number of anilines is 1. The number of rotatable bonds is 8. The maximum Gasteiger partial charge on any atom is 0.267 e. The SMILES string of the molecule is Cl.O=C(/C=C/c1cnc(NCC(=O)NCCc2ccc(F)cc2)c(Cl)c1)NO. The lowest BCUT2D eigenvalue weighted by molar-refractivity contribution is -0.124. The van der Waals surface area contributed by atoms with Gasteiger partial charge < -0.3 is 10.6 Å². The number of halogens is 3. The number of carbonyl (C=O) groups excluding carboxylic acids is 2. The van der Waals surface area contributed by atoms with Gasteiger partial charge in [0.1, 0.15) is 11.6 Å². The Morgan fingerprint density at radius 3 is 2.61 bits per heavy atom. The van der Waals surface area contributed by atoms with Crippen molar-refractivity contribution in [2.45, 2.75) is 6.42 Å². The van der Waals surface area contributed by atoms with Gasteiger partial charge in [0.05, 0.1) is 11.6 Å². The molecule has 0 unspecified atom stereocenters. The number of hydrogen-bond donors (Lipinski definition) is 4. The van der Waals surface area contributed by atoms with E-state index >= 15 is 0 Å². The van der Waals surface area contributed by atoms with Crippen LogP contribution >= 0.6 is 24.0 Å². The van der Waals surface area contributed by atoms with Crippen LogP contribution in [0.25, 0.3) is 6.08 Å². The highest BCUT2D eigenvalue weighted by molar-refractivity contribution is 6.33. The van der Waals surface area contributed by atoms with E-state index in [0.29, 0.717) is 24.3 Å². The second-order valence-electron chi connectivity index (χ2n) is 5.49. The Kier molecular flexibility index (Phi) is 9.94. The zero-order chi connectivity index (χ0) is 19.6. The minimum Gasteiger partial charge on any atom is -0.360 e. The second kappa shape index (κ2) is 11.9. The fourth-order valence-corrected chi connectivity index (χ4v) is 2.35. The van der Waals surface area contributed by atoms with Gasteiger partial charge in [-0.05, 0) is 41.8 Å². The quantitative estimate of drug-likeness (QED) is 0.294. The number of aromatic nitrogens is 1. The summed E-state index contributed by atoms with van der Waals surface area (Å²) in [6, 6.07) is 7.65. The summed E-state index contributed by atoms with van der Waals surface area (Å²) in [5.41, 5.74) is 2.95. The molecule has 28 heavy (non-hydrogen) atoms. The number of nitrogens with zero attached hydrogens (tertiary/aromatic N) is 1. The molecule has 0 fully saturated rings. The molecule has 150 valence electrons. The van der Waals surface area contributed by atoms with Crippen molar-refractivity contribution in [1.82, 2.24) is 15.8 Å². The molecule has 2 aromatic rings. The van der Waals surface area contributed by atoms with Crippen LogP contribution in [0.15, 0.2) is 42.6 Å². The predicted molar refractivity (Wildman–Crippen MR) is 107 cm³/mol. The average molecular weight is 429 g/mol. The van der Waals surface area contributed by atoms with Gasteiger partial charge in [0, 0.05) is 18.8 Å². The molecular formula is C18H19Cl2FN4O3. The summed E-state index contributed by atoms with van der Waals surface area (Å²) in [6.45, 7) is 0.405. The fourth-order valence-electron chi connectivity index (χ4n) is 2.11. The molecule has 10 heteroatoms. The maximum atomic E-state index is 12.8. The highest BCUT2D eigenvalue weighted by atomic mass is 35.5. The Hall–Kier alpha value is -2.68. The monoisotopic (exact) mass is 428 g/mol. The van der Waals surface area contributed by atoms with E-state index in [1.807, 2.05) is 0 Å². The topological polar surface area (TPSA) is 103 Å². The van der Waals surface area contributed by atoms with Gasteiger partial charge in [0.15, 0.2) is 0 Å². The summed E-state index contributed by atoms with van der Waals surface area (Å²) >= 11 is 6.09. The van der Waals surface area contributed by atoms with Gasteiger partial charge in [-0.15, -0.1) is 12.4 Å². The maximum absolute atomic E-state index is 12.8. The number of pyridine rings is 1. The third-order valence-corrected chi connectivity index (χ3v) is 3.75. The first-order valence-corrected chi connectivity index (χ1v) is 8.38. The highest BCUT2D eigenvalue weighted by Crippen LogP contribution is 2.20. The molecule has 1 aromatic heterocycles. The van der Waals surface area contributed by atoms with E-state index in [2.05, 4.69) is 15.6 Å². The van der Waals surface area contributed by atoms with Crippen molar-refractivity contribution >= 4 is 47.7 Å². The Morgan fingerprint density at radius 2 is 1.96 bits per heavy atom. The van der Waals surface area contributed by atoms with E-state index in [1.165, 1.54) is 29.9 Å². The summed E-state index contributed by atoms with van der Waals surface area (Å²) in [4.78, 5) is 26.9. The number of nitrogens with one attached hydrogen (secondary N) is 3. The van der Waals surface area contributed by atoms with Gasteiger partial charge in [-0.2, -0.15) is 0 Å². The predicted octanol–water partition coefficient (Wildman–Crippen LogP) is 2.59. The van der Waals surface area contributed by atoms with Gasteiger partial charge in [0.25, 0.3) is 5.91 Å². The molecule has 0 bridgehead atoms. The normalized spacial score (nSPS) is 10.2. The third kappa shape index (κ3) is 7.91. The first kappa shape index (κ1) is 23.4. The molecule has 7 nitrogen and oxygen atoms in total. The van der Waals surface area contributed by atoms with Crippen molar-refractivity contribution in [3.8, 4) is 0 Å². The lowest BCUT2D eigenvalue weighted by Gasteiger charge is -2.09. The minimum absolute atomic E-state index is 0. The third-order valence-electron chi connectivity index (χ3n) is 3.47. The van der Waals surface area contributed by atoms with Crippen molar-refractivity contribution in [1.29, 1.82) is 0 Å². The van der Waals surface area contributed by atoms with Crippen LogP contribution in [-0.4, -0.2) is 35.1 Å². The van der Waals surface area contributed by atoms with Crippen molar-refractivity contribution in [2.24, 2.45) is 0 Å².